The first-order chi connectivity index (χ1) is 19.1. The van der Waals surface area contributed by atoms with Crippen LogP contribution in [0.4, 0.5) is 0 Å². The summed E-state index contributed by atoms with van der Waals surface area (Å²) in [7, 11) is 0. The van der Waals surface area contributed by atoms with Gasteiger partial charge in [-0.2, -0.15) is 0 Å². The monoisotopic (exact) mass is 567 g/mol. The number of benzene rings is 2. The van der Waals surface area contributed by atoms with Crippen molar-refractivity contribution in [3.8, 4) is 23.0 Å². The van der Waals surface area contributed by atoms with Crippen LogP contribution in [-0.4, -0.2) is 34.9 Å². The molecule has 0 aliphatic carbocycles. The molecule has 0 saturated carbocycles. The van der Waals surface area contributed by atoms with Crippen molar-refractivity contribution in [2.24, 2.45) is 0 Å². The summed E-state index contributed by atoms with van der Waals surface area (Å²) in [5, 5.41) is 24.8. The lowest BCUT2D eigenvalue weighted by molar-refractivity contribution is -0.116. The Morgan fingerprint density at radius 2 is 1.29 bits per heavy atom. The molecule has 6 nitrogen and oxygen atoms in total. The molecule has 0 radical (unpaired) electrons. The number of phenols is 2. The Balaban J connectivity index is 2.20. The molecule has 3 N–H and O–H groups in total. The van der Waals surface area contributed by atoms with E-state index < -0.39 is 0 Å². The molecule has 228 valence electrons. The van der Waals surface area contributed by atoms with Crippen molar-refractivity contribution >= 4 is 12.0 Å². The van der Waals surface area contributed by atoms with E-state index in [4.69, 9.17) is 9.47 Å². The van der Waals surface area contributed by atoms with Gasteiger partial charge in [-0.3, -0.25) is 4.79 Å². The van der Waals surface area contributed by atoms with Crippen molar-refractivity contribution in [1.29, 1.82) is 0 Å². The number of amides is 1. The van der Waals surface area contributed by atoms with Gasteiger partial charge in [0.2, 0.25) is 11.7 Å². The molecule has 2 atom stereocenters. The van der Waals surface area contributed by atoms with Gasteiger partial charge in [0.1, 0.15) is 5.75 Å². The van der Waals surface area contributed by atoms with Crippen LogP contribution in [0.5, 0.6) is 23.0 Å². The molecule has 1 amide bonds. The summed E-state index contributed by atoms with van der Waals surface area (Å²) in [4.78, 5) is 12.7. The Morgan fingerprint density at radius 1 is 0.829 bits per heavy atom. The minimum atomic E-state index is -0.215. The van der Waals surface area contributed by atoms with Crippen LogP contribution >= 0.6 is 0 Å². The van der Waals surface area contributed by atoms with E-state index in [2.05, 4.69) is 60.7 Å². The zero-order valence-corrected chi connectivity index (χ0v) is 27.0. The van der Waals surface area contributed by atoms with Gasteiger partial charge in [0.15, 0.2) is 11.5 Å². The maximum absolute atomic E-state index is 12.7. The molecule has 0 aliphatic rings. The normalized spacial score (nSPS) is 13.7. The summed E-state index contributed by atoms with van der Waals surface area (Å²) in [6.07, 6.45) is 7.38. The number of hydrogen-bond donors (Lipinski definition) is 3. The van der Waals surface area contributed by atoms with Crippen LogP contribution in [0, 0.1) is 0 Å². The van der Waals surface area contributed by atoms with Gasteiger partial charge in [-0.05, 0) is 84.4 Å². The molecule has 6 heteroatoms. The third-order valence-corrected chi connectivity index (χ3v) is 7.03. The Morgan fingerprint density at radius 3 is 1.71 bits per heavy atom. The number of phenolic OH excluding ortho intramolecular Hbond substituents is 2. The molecular weight excluding hydrogens is 514 g/mol. The summed E-state index contributed by atoms with van der Waals surface area (Å²) in [5.41, 5.74) is 3.20. The van der Waals surface area contributed by atoms with Gasteiger partial charge in [-0.1, -0.05) is 80.4 Å². The second kappa shape index (κ2) is 14.7. The van der Waals surface area contributed by atoms with Crippen LogP contribution in [0.3, 0.4) is 0 Å². The quantitative estimate of drug-likeness (QED) is 0.212. The van der Waals surface area contributed by atoms with Crippen molar-refractivity contribution in [3.63, 3.8) is 0 Å². The van der Waals surface area contributed by atoms with Crippen molar-refractivity contribution < 1.29 is 24.5 Å². The van der Waals surface area contributed by atoms with Gasteiger partial charge in [0.25, 0.3) is 0 Å². The number of carbonyl (C=O) groups is 1. The molecule has 0 fully saturated rings. The molecule has 0 aliphatic heterocycles. The summed E-state index contributed by atoms with van der Waals surface area (Å²) >= 11 is 0. The first kappa shape index (κ1) is 34.1. The summed E-state index contributed by atoms with van der Waals surface area (Å²) < 4.78 is 12.0. The van der Waals surface area contributed by atoms with Gasteiger partial charge >= 0.3 is 0 Å². The standard InChI is InChI=1S/C35H53NO5/c1-11-13-23(3)40-29-21-25(22-30(33(29)39)41-24(4)14-12-2)15-16-31(37)36-18-17-26-19-27(34(5,6)7)32(38)28(20-26)35(8,9)10/h15-16,19-24,38-39H,11-14,17-18H2,1-10H3,(H,36,37). The average Bonchev–Trinajstić information content (AvgIpc) is 2.85. The number of aromatic hydroxyl groups is 2. The van der Waals surface area contributed by atoms with Gasteiger partial charge in [0, 0.05) is 12.6 Å². The maximum atomic E-state index is 12.7. The first-order valence-corrected chi connectivity index (χ1v) is 15.1. The van der Waals surface area contributed by atoms with Crippen molar-refractivity contribution in [3.05, 3.63) is 52.6 Å². The molecule has 41 heavy (non-hydrogen) atoms. The van der Waals surface area contributed by atoms with Crippen molar-refractivity contribution in [2.45, 2.75) is 124 Å². The van der Waals surface area contributed by atoms with E-state index >= 15 is 0 Å². The number of carbonyl (C=O) groups excluding carboxylic acids is 1. The topological polar surface area (TPSA) is 88.0 Å². The lowest BCUT2D eigenvalue weighted by Gasteiger charge is -2.28. The molecule has 2 rings (SSSR count). The molecule has 0 bridgehead atoms. The van der Waals surface area contributed by atoms with Crippen LogP contribution in [0.2, 0.25) is 0 Å². The van der Waals surface area contributed by atoms with E-state index in [0.29, 0.717) is 35.8 Å². The third kappa shape index (κ3) is 10.3. The molecule has 0 aromatic heterocycles. The second-order valence-corrected chi connectivity index (χ2v) is 13.2. The largest absolute Gasteiger partial charge is 0.507 e. The molecule has 2 aromatic rings. The summed E-state index contributed by atoms with van der Waals surface area (Å²) in [6.45, 7) is 21.1. The first-order valence-electron chi connectivity index (χ1n) is 15.1. The van der Waals surface area contributed by atoms with Crippen LogP contribution in [0.1, 0.15) is 117 Å². The summed E-state index contributed by atoms with van der Waals surface area (Å²) in [5.74, 6) is 0.824. The third-order valence-electron chi connectivity index (χ3n) is 7.03. The number of rotatable bonds is 13. The van der Waals surface area contributed by atoms with E-state index in [1.165, 1.54) is 6.08 Å². The molecule has 0 heterocycles. The predicted molar refractivity (Wildman–Crippen MR) is 169 cm³/mol. The lowest BCUT2D eigenvalue weighted by Crippen LogP contribution is -2.24. The van der Waals surface area contributed by atoms with Crippen LogP contribution in [-0.2, 0) is 22.0 Å². The highest BCUT2D eigenvalue weighted by molar-refractivity contribution is 5.91. The van der Waals surface area contributed by atoms with E-state index in [0.717, 1.165) is 42.4 Å². The van der Waals surface area contributed by atoms with Crippen molar-refractivity contribution in [2.75, 3.05) is 6.54 Å². The average molecular weight is 568 g/mol. The minimum absolute atomic E-state index is 0.0179. The molecule has 2 unspecified atom stereocenters. The fourth-order valence-electron chi connectivity index (χ4n) is 4.79. The fourth-order valence-corrected chi connectivity index (χ4v) is 4.79. The summed E-state index contributed by atoms with van der Waals surface area (Å²) in [6, 6.07) is 7.57. The Hall–Kier alpha value is -3.15. The SMILES string of the molecule is CCCC(C)Oc1cc(C=CC(=O)NCCc2cc(C(C)(C)C)c(O)c(C(C)(C)C)c2)cc(OC(C)CCC)c1O. The highest BCUT2D eigenvalue weighted by Gasteiger charge is 2.26. The maximum Gasteiger partial charge on any atom is 0.244 e. The predicted octanol–water partition coefficient (Wildman–Crippen LogP) is 8.20. The number of hydrogen-bond acceptors (Lipinski definition) is 5. The van der Waals surface area contributed by atoms with Gasteiger partial charge in [-0.25, -0.2) is 0 Å². The van der Waals surface area contributed by atoms with Crippen molar-refractivity contribution in [1.82, 2.24) is 5.32 Å². The Labute approximate surface area is 248 Å². The van der Waals surface area contributed by atoms with Crippen LogP contribution in [0.15, 0.2) is 30.3 Å². The molecule has 0 saturated heterocycles. The van der Waals surface area contributed by atoms with Crippen LogP contribution < -0.4 is 14.8 Å². The van der Waals surface area contributed by atoms with E-state index in [1.54, 1.807) is 18.2 Å². The fraction of sp³-hybridized carbons (Fsp3) is 0.571. The van der Waals surface area contributed by atoms with Crippen LogP contribution in [0.25, 0.3) is 6.08 Å². The molecular formula is C35H53NO5. The zero-order chi connectivity index (χ0) is 31.0. The molecule has 0 spiro atoms. The second-order valence-electron chi connectivity index (χ2n) is 13.2. The molecule has 2 aromatic carbocycles. The minimum Gasteiger partial charge on any atom is -0.507 e. The van der Waals surface area contributed by atoms with Gasteiger partial charge in [-0.15, -0.1) is 0 Å². The zero-order valence-electron chi connectivity index (χ0n) is 27.0. The lowest BCUT2D eigenvalue weighted by atomic mass is 9.78. The van der Waals surface area contributed by atoms with E-state index in [-0.39, 0.29) is 34.7 Å². The van der Waals surface area contributed by atoms with Gasteiger partial charge < -0.3 is 25.0 Å². The number of nitrogens with one attached hydrogen (secondary N) is 1. The highest BCUT2D eigenvalue weighted by atomic mass is 16.5. The Bertz CT molecular complexity index is 1120. The highest BCUT2D eigenvalue weighted by Crippen LogP contribution is 2.41. The Kier molecular flexibility index (Phi) is 12.2. The number of ether oxygens (including phenoxy) is 2. The van der Waals surface area contributed by atoms with Gasteiger partial charge in [0.05, 0.1) is 12.2 Å². The van der Waals surface area contributed by atoms with E-state index in [1.807, 2.05) is 26.0 Å². The van der Waals surface area contributed by atoms with E-state index in [9.17, 15) is 15.0 Å². The smallest absolute Gasteiger partial charge is 0.244 e.